The van der Waals surface area contributed by atoms with E-state index in [4.69, 9.17) is 0 Å². The van der Waals surface area contributed by atoms with Gasteiger partial charge < -0.3 is 5.32 Å². The van der Waals surface area contributed by atoms with Gasteiger partial charge in [0.25, 0.3) is 5.91 Å². The molecule has 1 amide bonds. The van der Waals surface area contributed by atoms with E-state index >= 15 is 0 Å². The SMILES string of the molecule is CCNC(=O)c1csc(I)c1. The Morgan fingerprint density at radius 1 is 1.82 bits per heavy atom. The molecule has 1 rings (SSSR count). The average molecular weight is 281 g/mol. The third-order valence-electron chi connectivity index (χ3n) is 1.17. The number of carbonyl (C=O) groups is 1. The summed E-state index contributed by atoms with van der Waals surface area (Å²) in [5.74, 6) is 0.0201. The predicted molar refractivity (Wildman–Crippen MR) is 55.0 cm³/mol. The summed E-state index contributed by atoms with van der Waals surface area (Å²) in [7, 11) is 0. The summed E-state index contributed by atoms with van der Waals surface area (Å²) in [5, 5.41) is 4.61. The van der Waals surface area contributed by atoms with Crippen molar-refractivity contribution < 1.29 is 4.79 Å². The van der Waals surface area contributed by atoms with Crippen molar-refractivity contribution in [3.05, 3.63) is 19.9 Å². The van der Waals surface area contributed by atoms with Crippen LogP contribution in [0.2, 0.25) is 0 Å². The highest BCUT2D eigenvalue weighted by Gasteiger charge is 2.04. The van der Waals surface area contributed by atoms with Crippen LogP contribution in [0.25, 0.3) is 0 Å². The zero-order chi connectivity index (χ0) is 8.27. The van der Waals surface area contributed by atoms with Gasteiger partial charge in [-0.1, -0.05) is 0 Å². The monoisotopic (exact) mass is 281 g/mol. The van der Waals surface area contributed by atoms with E-state index in [0.717, 1.165) is 8.45 Å². The lowest BCUT2D eigenvalue weighted by atomic mass is 10.3. The van der Waals surface area contributed by atoms with Crippen molar-refractivity contribution in [3.63, 3.8) is 0 Å². The first-order valence-corrected chi connectivity index (χ1v) is 5.22. The molecule has 0 saturated heterocycles. The Labute approximate surface area is 83.1 Å². The van der Waals surface area contributed by atoms with Crippen molar-refractivity contribution in [1.29, 1.82) is 0 Å². The molecule has 0 radical (unpaired) electrons. The molecule has 0 fully saturated rings. The molecule has 11 heavy (non-hydrogen) atoms. The van der Waals surface area contributed by atoms with Gasteiger partial charge in [-0.2, -0.15) is 0 Å². The van der Waals surface area contributed by atoms with Gasteiger partial charge in [-0.05, 0) is 35.6 Å². The number of amides is 1. The smallest absolute Gasteiger partial charge is 0.252 e. The number of hydrogen-bond donors (Lipinski definition) is 1. The first kappa shape index (κ1) is 8.99. The predicted octanol–water partition coefficient (Wildman–Crippen LogP) is 2.10. The molecular weight excluding hydrogens is 273 g/mol. The molecule has 4 heteroatoms. The number of thiophene rings is 1. The van der Waals surface area contributed by atoms with Gasteiger partial charge in [0.15, 0.2) is 0 Å². The Kier molecular flexibility index (Phi) is 3.32. The summed E-state index contributed by atoms with van der Waals surface area (Å²) < 4.78 is 1.14. The van der Waals surface area contributed by atoms with E-state index in [1.807, 2.05) is 18.4 Å². The maximum atomic E-state index is 11.2. The minimum absolute atomic E-state index is 0.0201. The van der Waals surface area contributed by atoms with Crippen molar-refractivity contribution in [2.24, 2.45) is 0 Å². The summed E-state index contributed by atoms with van der Waals surface area (Å²) in [6.07, 6.45) is 0. The molecule has 1 aromatic heterocycles. The van der Waals surface area contributed by atoms with Crippen molar-refractivity contribution in [2.75, 3.05) is 6.54 Å². The van der Waals surface area contributed by atoms with Crippen LogP contribution in [0.4, 0.5) is 0 Å². The number of carbonyl (C=O) groups excluding carboxylic acids is 1. The summed E-state index contributed by atoms with van der Waals surface area (Å²) in [5.41, 5.74) is 0.765. The van der Waals surface area contributed by atoms with E-state index in [-0.39, 0.29) is 5.91 Å². The van der Waals surface area contributed by atoms with Gasteiger partial charge in [0.1, 0.15) is 0 Å². The van der Waals surface area contributed by atoms with Crippen LogP contribution in [-0.4, -0.2) is 12.5 Å². The molecule has 0 unspecified atom stereocenters. The van der Waals surface area contributed by atoms with Crippen LogP contribution in [-0.2, 0) is 0 Å². The Morgan fingerprint density at radius 3 is 3.00 bits per heavy atom. The third kappa shape index (κ3) is 2.44. The molecule has 0 aliphatic heterocycles. The van der Waals surface area contributed by atoms with Crippen molar-refractivity contribution in [1.82, 2.24) is 5.32 Å². The van der Waals surface area contributed by atoms with Crippen molar-refractivity contribution >= 4 is 39.8 Å². The van der Waals surface area contributed by atoms with Gasteiger partial charge in [-0.25, -0.2) is 0 Å². The van der Waals surface area contributed by atoms with E-state index in [1.165, 1.54) is 0 Å². The summed E-state index contributed by atoms with van der Waals surface area (Å²) in [6, 6.07) is 1.89. The second-order valence-electron chi connectivity index (χ2n) is 2.00. The molecule has 0 saturated carbocycles. The standard InChI is InChI=1S/C7H8INOS/c1-2-9-7(10)5-3-6(8)11-4-5/h3-4H,2H2,1H3,(H,9,10). The minimum Gasteiger partial charge on any atom is -0.352 e. The van der Waals surface area contributed by atoms with Crippen molar-refractivity contribution in [3.8, 4) is 0 Å². The Morgan fingerprint density at radius 2 is 2.55 bits per heavy atom. The highest BCUT2D eigenvalue weighted by Crippen LogP contribution is 2.16. The Hall–Kier alpha value is -0.100. The normalized spacial score (nSPS) is 9.64. The van der Waals surface area contributed by atoms with E-state index in [9.17, 15) is 4.79 Å². The van der Waals surface area contributed by atoms with Crippen LogP contribution >= 0.6 is 33.9 Å². The van der Waals surface area contributed by atoms with E-state index in [0.29, 0.717) is 6.54 Å². The molecule has 0 bridgehead atoms. The average Bonchev–Trinajstić information content (AvgIpc) is 2.36. The van der Waals surface area contributed by atoms with E-state index in [2.05, 4.69) is 27.9 Å². The van der Waals surface area contributed by atoms with Gasteiger partial charge in [0.05, 0.1) is 8.45 Å². The first-order chi connectivity index (χ1) is 5.24. The van der Waals surface area contributed by atoms with Crippen LogP contribution in [0.1, 0.15) is 17.3 Å². The highest BCUT2D eigenvalue weighted by atomic mass is 127. The molecule has 0 aliphatic rings. The lowest BCUT2D eigenvalue weighted by Gasteiger charge is -1.96. The fourth-order valence-corrected chi connectivity index (χ4v) is 2.02. The quantitative estimate of drug-likeness (QED) is 0.826. The lowest BCUT2D eigenvalue weighted by molar-refractivity contribution is 0.0956. The molecule has 0 atom stereocenters. The fraction of sp³-hybridized carbons (Fsp3) is 0.286. The summed E-state index contributed by atoms with van der Waals surface area (Å²) >= 11 is 3.79. The summed E-state index contributed by atoms with van der Waals surface area (Å²) in [6.45, 7) is 2.60. The second kappa shape index (κ2) is 4.06. The molecule has 0 aliphatic carbocycles. The zero-order valence-corrected chi connectivity index (χ0v) is 9.03. The van der Waals surface area contributed by atoms with Gasteiger partial charge >= 0.3 is 0 Å². The second-order valence-corrected chi connectivity index (χ2v) is 4.80. The highest BCUT2D eigenvalue weighted by molar-refractivity contribution is 14.1. The maximum Gasteiger partial charge on any atom is 0.252 e. The largest absolute Gasteiger partial charge is 0.352 e. The van der Waals surface area contributed by atoms with Gasteiger partial charge in [-0.3, -0.25) is 4.79 Å². The van der Waals surface area contributed by atoms with Crippen LogP contribution in [0.3, 0.4) is 0 Å². The lowest BCUT2D eigenvalue weighted by Crippen LogP contribution is -2.21. The summed E-state index contributed by atoms with van der Waals surface area (Å²) in [4.78, 5) is 11.2. The molecule has 1 aromatic rings. The number of halogens is 1. The molecule has 2 nitrogen and oxygen atoms in total. The van der Waals surface area contributed by atoms with E-state index in [1.54, 1.807) is 11.3 Å². The zero-order valence-electron chi connectivity index (χ0n) is 6.06. The molecular formula is C7H8INOS. The topological polar surface area (TPSA) is 29.1 Å². The molecule has 0 spiro atoms. The Balaban J connectivity index is 2.69. The van der Waals surface area contributed by atoms with Crippen LogP contribution < -0.4 is 5.32 Å². The number of hydrogen-bond acceptors (Lipinski definition) is 2. The first-order valence-electron chi connectivity index (χ1n) is 3.26. The molecule has 0 aromatic carbocycles. The van der Waals surface area contributed by atoms with Crippen LogP contribution in [0.15, 0.2) is 11.4 Å². The number of rotatable bonds is 2. The van der Waals surface area contributed by atoms with Crippen molar-refractivity contribution in [2.45, 2.75) is 6.92 Å². The van der Waals surface area contributed by atoms with E-state index < -0.39 is 0 Å². The van der Waals surface area contributed by atoms with Gasteiger partial charge in [0, 0.05) is 11.9 Å². The van der Waals surface area contributed by atoms with Gasteiger partial charge in [0.2, 0.25) is 0 Å². The molecule has 1 heterocycles. The molecule has 1 N–H and O–H groups in total. The van der Waals surface area contributed by atoms with Crippen LogP contribution in [0, 0.1) is 2.88 Å². The van der Waals surface area contributed by atoms with Gasteiger partial charge in [-0.15, -0.1) is 11.3 Å². The maximum absolute atomic E-state index is 11.2. The fourth-order valence-electron chi connectivity index (χ4n) is 0.692. The number of nitrogens with one attached hydrogen (secondary N) is 1. The third-order valence-corrected chi connectivity index (χ3v) is 2.96. The minimum atomic E-state index is 0.0201. The Bertz CT molecular complexity index is 259. The van der Waals surface area contributed by atoms with Crippen LogP contribution in [0.5, 0.6) is 0 Å². The molecule has 60 valence electrons.